The maximum atomic E-state index is 12.7. The summed E-state index contributed by atoms with van der Waals surface area (Å²) in [6.45, 7) is 3.52. The fourth-order valence-electron chi connectivity index (χ4n) is 3.93. The molecule has 6 heteroatoms. The zero-order chi connectivity index (χ0) is 14.6. The number of methoxy groups -OCH3 is 1. The van der Waals surface area contributed by atoms with Gasteiger partial charge in [0.2, 0.25) is 5.91 Å². The summed E-state index contributed by atoms with van der Waals surface area (Å²) in [5.74, 6) is 1.48. The number of hydrogen-bond donors (Lipinski definition) is 0. The molecule has 1 unspecified atom stereocenters. The topological polar surface area (TPSA) is 56.6 Å². The smallest absolute Gasteiger partial charge is 0.226 e. The predicted octanol–water partition coefficient (Wildman–Crippen LogP) is 0.344. The Hall–Kier alpha value is -1.40. The third-order valence-corrected chi connectivity index (χ3v) is 5.16. The van der Waals surface area contributed by atoms with Crippen LogP contribution in [-0.2, 0) is 40.9 Å². The first kappa shape index (κ1) is 13.3. The van der Waals surface area contributed by atoms with E-state index in [-0.39, 0.29) is 5.92 Å². The predicted molar refractivity (Wildman–Crippen MR) is 74.3 cm³/mol. The van der Waals surface area contributed by atoms with Crippen molar-refractivity contribution in [3.05, 3.63) is 17.0 Å². The van der Waals surface area contributed by atoms with E-state index >= 15 is 0 Å². The summed E-state index contributed by atoms with van der Waals surface area (Å²) in [6, 6.07) is 0. The molecule has 1 saturated heterocycles. The molecule has 1 aliphatic carbocycles. The summed E-state index contributed by atoms with van der Waals surface area (Å²) < 4.78 is 12.5. The fourth-order valence-corrected chi connectivity index (χ4v) is 3.93. The van der Waals surface area contributed by atoms with E-state index in [0.29, 0.717) is 30.9 Å². The molecule has 6 nitrogen and oxygen atoms in total. The summed E-state index contributed by atoms with van der Waals surface area (Å²) in [5, 5.41) is 4.53. The van der Waals surface area contributed by atoms with Crippen LogP contribution in [0.15, 0.2) is 0 Å². The molecule has 0 spiro atoms. The molecule has 0 N–H and O–H groups in total. The summed E-state index contributed by atoms with van der Waals surface area (Å²) >= 11 is 0. The van der Waals surface area contributed by atoms with E-state index in [2.05, 4.69) is 5.10 Å². The molecule has 1 saturated carbocycles. The third kappa shape index (κ3) is 2.00. The van der Waals surface area contributed by atoms with Crippen LogP contribution in [0.5, 0.6) is 0 Å². The van der Waals surface area contributed by atoms with Crippen LogP contribution in [0.1, 0.15) is 17.0 Å². The van der Waals surface area contributed by atoms with Gasteiger partial charge in [-0.1, -0.05) is 0 Å². The van der Waals surface area contributed by atoms with Gasteiger partial charge in [0.25, 0.3) is 0 Å². The molecular formula is C15H21N3O3. The average molecular weight is 291 g/mol. The largest absolute Gasteiger partial charge is 0.381 e. The molecule has 2 aliphatic heterocycles. The summed E-state index contributed by atoms with van der Waals surface area (Å²) in [4.78, 5) is 14.7. The molecule has 3 aliphatic rings. The quantitative estimate of drug-likeness (QED) is 0.806. The summed E-state index contributed by atoms with van der Waals surface area (Å²) in [5.41, 5.74) is 3.39. The van der Waals surface area contributed by atoms with Gasteiger partial charge >= 0.3 is 0 Å². The Labute approximate surface area is 124 Å². The SMILES string of the molecule is COCc1nn(C)c2c1CN(C(=O)C1[C@H]3COC[C@@H]13)CC2. The first-order valence-electron chi connectivity index (χ1n) is 7.59. The van der Waals surface area contributed by atoms with Crippen LogP contribution in [0.4, 0.5) is 0 Å². The first-order valence-corrected chi connectivity index (χ1v) is 7.59. The highest BCUT2D eigenvalue weighted by Crippen LogP contribution is 2.51. The van der Waals surface area contributed by atoms with E-state index < -0.39 is 0 Å². The van der Waals surface area contributed by atoms with Crippen molar-refractivity contribution in [2.24, 2.45) is 24.8 Å². The van der Waals surface area contributed by atoms with E-state index in [4.69, 9.17) is 9.47 Å². The minimum atomic E-state index is 0.211. The van der Waals surface area contributed by atoms with E-state index in [9.17, 15) is 4.79 Å². The number of aryl methyl sites for hydroxylation is 1. The lowest BCUT2D eigenvalue weighted by atomic mass is 10.0. The second-order valence-corrected chi connectivity index (χ2v) is 6.33. The highest BCUT2D eigenvalue weighted by atomic mass is 16.5. The summed E-state index contributed by atoms with van der Waals surface area (Å²) in [6.07, 6.45) is 0.882. The Morgan fingerprint density at radius 2 is 2.19 bits per heavy atom. The molecular weight excluding hydrogens is 270 g/mol. The number of carbonyl (C=O) groups excluding carboxylic acids is 1. The number of ether oxygens (including phenoxy) is 2. The van der Waals surface area contributed by atoms with Crippen molar-refractivity contribution in [3.8, 4) is 0 Å². The standard InChI is InChI=1S/C15H21N3O3/c1-17-13-3-4-18(5-9(13)12(16-17)8-20-2)15(19)14-10-6-21-7-11(10)14/h10-11,14H,3-8H2,1-2H3/t10-,11+,14?. The number of carbonyl (C=O) groups is 1. The van der Waals surface area contributed by atoms with E-state index in [1.54, 1.807) is 7.11 Å². The van der Waals surface area contributed by atoms with Gasteiger partial charge in [-0.15, -0.1) is 0 Å². The van der Waals surface area contributed by atoms with Crippen molar-refractivity contribution in [1.29, 1.82) is 0 Å². The molecule has 1 aromatic heterocycles. The van der Waals surface area contributed by atoms with Crippen LogP contribution in [-0.4, -0.2) is 47.5 Å². The molecule has 0 bridgehead atoms. The van der Waals surface area contributed by atoms with E-state index in [1.807, 2.05) is 16.6 Å². The molecule has 3 atom stereocenters. The normalized spacial score (nSPS) is 30.2. The third-order valence-electron chi connectivity index (χ3n) is 5.16. The Morgan fingerprint density at radius 3 is 2.90 bits per heavy atom. The van der Waals surface area contributed by atoms with E-state index in [0.717, 1.165) is 31.9 Å². The molecule has 21 heavy (non-hydrogen) atoms. The lowest BCUT2D eigenvalue weighted by molar-refractivity contribution is -0.135. The highest BCUT2D eigenvalue weighted by Gasteiger charge is 2.59. The van der Waals surface area contributed by atoms with Crippen molar-refractivity contribution in [3.63, 3.8) is 0 Å². The number of rotatable bonds is 3. The lowest BCUT2D eigenvalue weighted by Crippen LogP contribution is -2.38. The molecule has 0 aromatic carbocycles. The Balaban J connectivity index is 1.52. The number of amides is 1. The van der Waals surface area contributed by atoms with Crippen LogP contribution in [0, 0.1) is 17.8 Å². The number of nitrogens with zero attached hydrogens (tertiary/aromatic N) is 3. The van der Waals surface area contributed by atoms with Crippen molar-refractivity contribution in [2.45, 2.75) is 19.6 Å². The van der Waals surface area contributed by atoms with Gasteiger partial charge in [-0.05, 0) is 11.8 Å². The van der Waals surface area contributed by atoms with Gasteiger partial charge < -0.3 is 14.4 Å². The Bertz CT molecular complexity index is 573. The number of aromatic nitrogens is 2. The number of fused-ring (bicyclic) bond motifs is 2. The molecule has 0 radical (unpaired) electrons. The van der Waals surface area contributed by atoms with Gasteiger partial charge in [-0.3, -0.25) is 9.48 Å². The number of hydrogen-bond acceptors (Lipinski definition) is 4. The van der Waals surface area contributed by atoms with Gasteiger partial charge in [-0.25, -0.2) is 0 Å². The first-order chi connectivity index (χ1) is 10.2. The minimum Gasteiger partial charge on any atom is -0.381 e. The van der Waals surface area contributed by atoms with Crippen LogP contribution >= 0.6 is 0 Å². The van der Waals surface area contributed by atoms with Crippen molar-refractivity contribution >= 4 is 5.91 Å². The zero-order valence-electron chi connectivity index (χ0n) is 12.5. The maximum absolute atomic E-state index is 12.7. The zero-order valence-corrected chi connectivity index (χ0v) is 12.5. The second kappa shape index (κ2) is 4.81. The molecule has 3 heterocycles. The monoisotopic (exact) mass is 291 g/mol. The van der Waals surface area contributed by atoms with E-state index in [1.165, 1.54) is 11.3 Å². The van der Waals surface area contributed by atoms with Gasteiger partial charge in [0.05, 0.1) is 25.5 Å². The van der Waals surface area contributed by atoms with Gasteiger partial charge in [-0.2, -0.15) is 5.10 Å². The highest BCUT2D eigenvalue weighted by molar-refractivity contribution is 5.83. The molecule has 1 amide bonds. The Morgan fingerprint density at radius 1 is 1.43 bits per heavy atom. The van der Waals surface area contributed by atoms with Crippen LogP contribution < -0.4 is 0 Å². The lowest BCUT2D eigenvalue weighted by Gasteiger charge is -2.28. The van der Waals surface area contributed by atoms with Gasteiger partial charge in [0.1, 0.15) is 0 Å². The molecule has 2 fully saturated rings. The van der Waals surface area contributed by atoms with Gasteiger partial charge in [0.15, 0.2) is 0 Å². The average Bonchev–Trinajstić information content (AvgIpc) is 2.82. The van der Waals surface area contributed by atoms with Crippen molar-refractivity contribution in [2.75, 3.05) is 26.9 Å². The fraction of sp³-hybridized carbons (Fsp3) is 0.733. The molecule has 1 aromatic rings. The van der Waals surface area contributed by atoms with Crippen LogP contribution in [0.25, 0.3) is 0 Å². The van der Waals surface area contributed by atoms with Gasteiger partial charge in [0, 0.05) is 50.8 Å². The minimum absolute atomic E-state index is 0.211. The molecule has 114 valence electrons. The van der Waals surface area contributed by atoms with Crippen molar-refractivity contribution in [1.82, 2.24) is 14.7 Å². The maximum Gasteiger partial charge on any atom is 0.226 e. The Kier molecular flexibility index (Phi) is 3.04. The van der Waals surface area contributed by atoms with Crippen LogP contribution in [0.2, 0.25) is 0 Å². The second-order valence-electron chi connectivity index (χ2n) is 6.33. The molecule has 4 rings (SSSR count). The van der Waals surface area contributed by atoms with Crippen molar-refractivity contribution < 1.29 is 14.3 Å². The van der Waals surface area contributed by atoms with Crippen LogP contribution in [0.3, 0.4) is 0 Å². The summed E-state index contributed by atoms with van der Waals surface area (Å²) in [7, 11) is 3.65.